The molecule has 102 valence electrons. The van der Waals surface area contributed by atoms with Crippen LogP contribution in [-0.4, -0.2) is 0 Å². The molecular weight excluding hydrogens is 204 g/mol. The largest absolute Gasteiger partial charge is 0.0649 e. The van der Waals surface area contributed by atoms with Gasteiger partial charge in [0, 0.05) is 0 Å². The molecule has 1 rings (SSSR count). The molecule has 0 heteroatoms. The Hall–Kier alpha value is 0. The molecule has 0 radical (unpaired) electrons. The molecule has 2 unspecified atom stereocenters. The van der Waals surface area contributed by atoms with E-state index in [9.17, 15) is 0 Å². The number of hydrogen-bond donors (Lipinski definition) is 0. The van der Waals surface area contributed by atoms with Crippen LogP contribution in [0.2, 0.25) is 0 Å². The lowest BCUT2D eigenvalue weighted by molar-refractivity contribution is 0.241. The summed E-state index contributed by atoms with van der Waals surface area (Å²) in [6, 6.07) is 0. The summed E-state index contributed by atoms with van der Waals surface area (Å²) in [7, 11) is 0. The lowest BCUT2D eigenvalue weighted by Gasteiger charge is -2.28. The first kappa shape index (κ1) is 15.1. The highest BCUT2D eigenvalue weighted by Crippen LogP contribution is 2.35. The molecule has 0 N–H and O–H groups in total. The Morgan fingerprint density at radius 3 is 1.82 bits per heavy atom. The van der Waals surface area contributed by atoms with Crippen LogP contribution in [0.4, 0.5) is 0 Å². The van der Waals surface area contributed by atoms with Crippen molar-refractivity contribution in [1.29, 1.82) is 0 Å². The fourth-order valence-electron chi connectivity index (χ4n) is 3.24. The third kappa shape index (κ3) is 6.48. The predicted molar refractivity (Wildman–Crippen MR) is 78.3 cm³/mol. The molecule has 1 aliphatic carbocycles. The van der Waals surface area contributed by atoms with Gasteiger partial charge in [0.15, 0.2) is 0 Å². The van der Waals surface area contributed by atoms with E-state index in [4.69, 9.17) is 0 Å². The molecule has 0 spiro atoms. The highest BCUT2D eigenvalue weighted by Gasteiger charge is 2.20. The van der Waals surface area contributed by atoms with Crippen LogP contribution in [0, 0.1) is 11.3 Å². The molecule has 0 aliphatic heterocycles. The van der Waals surface area contributed by atoms with Crippen LogP contribution in [-0.2, 0) is 0 Å². The highest BCUT2D eigenvalue weighted by molar-refractivity contribution is 4.73. The van der Waals surface area contributed by atoms with E-state index < -0.39 is 0 Å². The van der Waals surface area contributed by atoms with Gasteiger partial charge in [0.2, 0.25) is 0 Å². The van der Waals surface area contributed by atoms with Gasteiger partial charge in [-0.2, -0.15) is 0 Å². The van der Waals surface area contributed by atoms with Gasteiger partial charge < -0.3 is 0 Å². The molecule has 1 saturated carbocycles. The molecule has 1 aliphatic rings. The second-order valence-electron chi connectivity index (χ2n) is 6.82. The summed E-state index contributed by atoms with van der Waals surface area (Å²) in [4.78, 5) is 0. The summed E-state index contributed by atoms with van der Waals surface area (Å²) >= 11 is 0. The van der Waals surface area contributed by atoms with Gasteiger partial charge in [-0.15, -0.1) is 0 Å². The summed E-state index contributed by atoms with van der Waals surface area (Å²) < 4.78 is 0. The third-order valence-electron chi connectivity index (χ3n) is 5.06. The van der Waals surface area contributed by atoms with Crippen molar-refractivity contribution in [2.24, 2.45) is 11.3 Å². The normalized spacial score (nSPS) is 34.4. The van der Waals surface area contributed by atoms with Crippen molar-refractivity contribution >= 4 is 0 Å². The molecule has 0 nitrogen and oxygen atoms in total. The van der Waals surface area contributed by atoms with Crippen molar-refractivity contribution in [3.63, 3.8) is 0 Å². The van der Waals surface area contributed by atoms with Gasteiger partial charge in [0.05, 0.1) is 0 Å². The zero-order valence-electron chi connectivity index (χ0n) is 12.6. The van der Waals surface area contributed by atoms with Gasteiger partial charge in [0.25, 0.3) is 0 Å². The number of rotatable bonds is 1. The Labute approximate surface area is 110 Å². The minimum absolute atomic E-state index is 0.652. The molecule has 0 aromatic carbocycles. The van der Waals surface area contributed by atoms with Crippen molar-refractivity contribution < 1.29 is 0 Å². The maximum atomic E-state index is 2.52. The Morgan fingerprint density at radius 1 is 0.824 bits per heavy atom. The standard InChI is InChI=1S/C17H34/c1-4-17(3)14-10-6-5-8-12-16(2)13-9-7-11-15-17/h16H,4-15H2,1-3H3. The molecule has 0 aromatic rings. The van der Waals surface area contributed by atoms with Crippen LogP contribution >= 0.6 is 0 Å². The molecule has 0 bridgehead atoms. The lowest BCUT2D eigenvalue weighted by Crippen LogP contribution is -2.15. The van der Waals surface area contributed by atoms with Gasteiger partial charge >= 0.3 is 0 Å². The Bertz CT molecular complexity index is 184. The summed E-state index contributed by atoms with van der Waals surface area (Å²) in [6.45, 7) is 7.37. The summed E-state index contributed by atoms with van der Waals surface area (Å²) in [5.74, 6) is 0.980. The first-order valence-corrected chi connectivity index (χ1v) is 8.16. The molecule has 0 saturated heterocycles. The number of hydrogen-bond acceptors (Lipinski definition) is 0. The average Bonchev–Trinajstić information content (AvgIpc) is 2.33. The topological polar surface area (TPSA) is 0 Å². The van der Waals surface area contributed by atoms with Crippen LogP contribution in [0.3, 0.4) is 0 Å². The summed E-state index contributed by atoms with van der Waals surface area (Å²) in [5, 5.41) is 0. The Balaban J connectivity index is 2.37. The van der Waals surface area contributed by atoms with Crippen molar-refractivity contribution in [2.45, 2.75) is 97.8 Å². The van der Waals surface area contributed by atoms with E-state index in [-0.39, 0.29) is 0 Å². The van der Waals surface area contributed by atoms with E-state index in [0.29, 0.717) is 5.41 Å². The third-order valence-corrected chi connectivity index (χ3v) is 5.06. The second kappa shape index (κ2) is 8.16. The first-order valence-electron chi connectivity index (χ1n) is 8.16. The minimum Gasteiger partial charge on any atom is -0.0649 e. The van der Waals surface area contributed by atoms with Gasteiger partial charge in [-0.1, -0.05) is 85.0 Å². The monoisotopic (exact) mass is 238 g/mol. The highest BCUT2D eigenvalue weighted by atomic mass is 14.3. The van der Waals surface area contributed by atoms with Crippen LogP contribution in [0.1, 0.15) is 97.8 Å². The molecule has 2 atom stereocenters. The zero-order chi connectivity index (χ0) is 12.6. The minimum atomic E-state index is 0.652. The zero-order valence-corrected chi connectivity index (χ0v) is 12.6. The van der Waals surface area contributed by atoms with Crippen molar-refractivity contribution in [3.05, 3.63) is 0 Å². The second-order valence-corrected chi connectivity index (χ2v) is 6.82. The SMILES string of the molecule is CCC1(C)CCCCCCC(C)CCCCC1. The van der Waals surface area contributed by atoms with E-state index in [2.05, 4.69) is 20.8 Å². The fraction of sp³-hybridized carbons (Fsp3) is 1.00. The van der Waals surface area contributed by atoms with Crippen LogP contribution in [0.15, 0.2) is 0 Å². The summed E-state index contributed by atoms with van der Waals surface area (Å²) in [5.41, 5.74) is 0.652. The van der Waals surface area contributed by atoms with Crippen LogP contribution < -0.4 is 0 Å². The predicted octanol–water partition coefficient (Wildman–Crippen LogP) is 6.34. The first-order chi connectivity index (χ1) is 8.16. The maximum absolute atomic E-state index is 2.52. The molecule has 17 heavy (non-hydrogen) atoms. The fourth-order valence-corrected chi connectivity index (χ4v) is 3.24. The quantitative estimate of drug-likeness (QED) is 0.500. The smallest absolute Gasteiger partial charge is 0.0328 e. The molecule has 1 fully saturated rings. The van der Waals surface area contributed by atoms with Crippen molar-refractivity contribution in [3.8, 4) is 0 Å². The van der Waals surface area contributed by atoms with E-state index in [1.165, 1.54) is 77.0 Å². The molecule has 0 amide bonds. The van der Waals surface area contributed by atoms with Crippen molar-refractivity contribution in [2.75, 3.05) is 0 Å². The molecular formula is C17H34. The Morgan fingerprint density at radius 2 is 1.29 bits per heavy atom. The van der Waals surface area contributed by atoms with Crippen LogP contribution in [0.5, 0.6) is 0 Å². The van der Waals surface area contributed by atoms with Gasteiger partial charge in [-0.25, -0.2) is 0 Å². The van der Waals surface area contributed by atoms with Crippen LogP contribution in [0.25, 0.3) is 0 Å². The lowest BCUT2D eigenvalue weighted by atomic mass is 9.78. The summed E-state index contributed by atoms with van der Waals surface area (Å²) in [6.07, 6.45) is 17.6. The van der Waals surface area contributed by atoms with E-state index in [0.717, 1.165) is 5.92 Å². The Kier molecular flexibility index (Phi) is 7.23. The molecule has 0 heterocycles. The average molecular weight is 238 g/mol. The molecule has 0 aromatic heterocycles. The van der Waals surface area contributed by atoms with Gasteiger partial charge in [-0.05, 0) is 24.2 Å². The maximum Gasteiger partial charge on any atom is -0.0328 e. The van der Waals surface area contributed by atoms with E-state index in [1.807, 2.05) is 0 Å². The van der Waals surface area contributed by atoms with E-state index in [1.54, 1.807) is 0 Å². The van der Waals surface area contributed by atoms with Gasteiger partial charge in [0.1, 0.15) is 0 Å². The van der Waals surface area contributed by atoms with Crippen molar-refractivity contribution in [1.82, 2.24) is 0 Å². The van der Waals surface area contributed by atoms with Gasteiger partial charge in [-0.3, -0.25) is 0 Å². The van der Waals surface area contributed by atoms with E-state index >= 15 is 0 Å².